The second-order valence-electron chi connectivity index (χ2n) is 19.3. The van der Waals surface area contributed by atoms with Gasteiger partial charge in [0.05, 0.1) is 23.1 Å². The summed E-state index contributed by atoms with van der Waals surface area (Å²) in [6.07, 6.45) is 1.51. The van der Waals surface area contributed by atoms with Gasteiger partial charge in [-0.2, -0.15) is 13.2 Å². The van der Waals surface area contributed by atoms with Crippen LogP contribution in [0.4, 0.5) is 18.0 Å². The van der Waals surface area contributed by atoms with Crippen LogP contribution >= 0.6 is 0 Å². The van der Waals surface area contributed by atoms with E-state index in [-0.39, 0.29) is 43.0 Å². The zero-order valence-electron chi connectivity index (χ0n) is 38.6. The lowest BCUT2D eigenvalue weighted by molar-refractivity contribution is -0.244. The largest absolute Gasteiger partial charge is 0.491 e. The highest BCUT2D eigenvalue weighted by Gasteiger charge is 2.63. The number of allylic oxidation sites excluding steroid dienone is 1. The molecule has 3 N–H and O–H groups in total. The second kappa shape index (κ2) is 18.7. The molecule has 7 rings (SSSR count). The molecule has 1 aromatic carbocycles. The van der Waals surface area contributed by atoms with Crippen molar-refractivity contribution >= 4 is 33.8 Å². The third-order valence-electron chi connectivity index (χ3n) is 13.0. The molecule has 2 aliphatic carbocycles. The van der Waals surface area contributed by atoms with Crippen LogP contribution in [0.5, 0.6) is 11.5 Å². The van der Waals surface area contributed by atoms with Crippen molar-refractivity contribution in [2.45, 2.75) is 140 Å². The average Bonchev–Trinajstić information content (AvgIpc) is 4.14. The third-order valence-corrected chi connectivity index (χ3v) is 15.1. The van der Waals surface area contributed by atoms with Crippen LogP contribution < -0.4 is 24.8 Å². The lowest BCUT2D eigenvalue weighted by atomic mass is 9.88. The van der Waals surface area contributed by atoms with Crippen LogP contribution in [-0.2, 0) is 29.1 Å². The molecule has 2 aromatic heterocycles. The summed E-state index contributed by atoms with van der Waals surface area (Å²) in [5.41, 5.74) is -3.07. The van der Waals surface area contributed by atoms with Gasteiger partial charge in [0, 0.05) is 42.4 Å². The lowest BCUT2D eigenvalue weighted by Gasteiger charge is -2.34. The predicted octanol–water partition coefficient (Wildman–Crippen LogP) is 6.66. The molecule has 20 heteroatoms. The smallest absolute Gasteiger partial charge is 0.427 e. The summed E-state index contributed by atoms with van der Waals surface area (Å²) < 4.78 is 86.6. The molecule has 0 bridgehead atoms. The molecule has 1 saturated heterocycles. The zero-order valence-corrected chi connectivity index (χ0v) is 39.4. The number of benzene rings is 1. The van der Waals surface area contributed by atoms with Crippen LogP contribution in [0.15, 0.2) is 67.0 Å². The van der Waals surface area contributed by atoms with Crippen LogP contribution in [0.2, 0.25) is 0 Å². The summed E-state index contributed by atoms with van der Waals surface area (Å²) in [7, 11) is -4.11. The van der Waals surface area contributed by atoms with Crippen molar-refractivity contribution in [3.8, 4) is 34.3 Å². The first kappa shape index (κ1) is 49.1. The van der Waals surface area contributed by atoms with Gasteiger partial charge in [-0.15, -0.1) is 0 Å². The molecule has 4 aliphatic rings. The van der Waals surface area contributed by atoms with E-state index < -0.39 is 85.9 Å². The number of rotatable bonds is 11. The number of amides is 4. The van der Waals surface area contributed by atoms with E-state index in [1.807, 2.05) is 39.0 Å². The minimum absolute atomic E-state index is 0.0531. The van der Waals surface area contributed by atoms with Crippen molar-refractivity contribution in [3.05, 3.63) is 67.0 Å². The average molecular weight is 954 g/mol. The lowest BCUT2D eigenvalue weighted by Crippen LogP contribution is -2.59. The number of alkyl halides is 3. The Hall–Kier alpha value is -5.79. The first-order valence-corrected chi connectivity index (χ1v) is 24.0. The number of hydrogen-bond acceptors (Lipinski definition) is 12. The van der Waals surface area contributed by atoms with Crippen LogP contribution in [0.25, 0.3) is 22.8 Å². The van der Waals surface area contributed by atoms with Crippen LogP contribution in [0.3, 0.4) is 0 Å². The monoisotopic (exact) mass is 953 g/mol. The number of aromatic nitrogens is 3. The fourth-order valence-electron chi connectivity index (χ4n) is 8.48. The molecule has 2 saturated carbocycles. The van der Waals surface area contributed by atoms with Gasteiger partial charge in [-0.3, -0.25) is 19.1 Å². The maximum absolute atomic E-state index is 15.0. The summed E-state index contributed by atoms with van der Waals surface area (Å²) in [5.74, 6) is -2.60. The van der Waals surface area contributed by atoms with Gasteiger partial charge in [-0.05, 0) is 115 Å². The van der Waals surface area contributed by atoms with Crippen LogP contribution in [-0.4, -0.2) is 105 Å². The highest BCUT2D eigenvalue weighted by atomic mass is 32.2. The van der Waals surface area contributed by atoms with Gasteiger partial charge >= 0.3 is 12.3 Å². The number of fused-ring (bicyclic) bond motifs is 2. The molecular formula is C47H58F3N7O9S. The van der Waals surface area contributed by atoms with Crippen LogP contribution in [0.1, 0.15) is 93.4 Å². The van der Waals surface area contributed by atoms with Crippen molar-refractivity contribution in [3.63, 3.8) is 0 Å². The minimum Gasteiger partial charge on any atom is -0.491 e. The molecule has 67 heavy (non-hydrogen) atoms. The van der Waals surface area contributed by atoms with Crippen molar-refractivity contribution in [1.29, 1.82) is 0 Å². The molecule has 362 valence electrons. The number of alkyl carbamates (subject to hydrolysis) is 1. The van der Waals surface area contributed by atoms with E-state index >= 15 is 0 Å². The van der Waals surface area contributed by atoms with Gasteiger partial charge in [0.25, 0.3) is 5.91 Å². The molecule has 4 amide bonds. The number of halogens is 3. The van der Waals surface area contributed by atoms with Crippen LogP contribution in [0, 0.1) is 17.8 Å². The Balaban J connectivity index is 1.25. The van der Waals surface area contributed by atoms with Crippen molar-refractivity contribution < 1.29 is 55.0 Å². The Labute approximate surface area is 388 Å². The number of carbonyl (C=O) groups is 4. The van der Waals surface area contributed by atoms with Crippen molar-refractivity contribution in [1.82, 2.24) is 35.2 Å². The summed E-state index contributed by atoms with van der Waals surface area (Å²) in [6.45, 7) is 10.1. The van der Waals surface area contributed by atoms with E-state index in [0.29, 0.717) is 68.7 Å². The number of sulfonamides is 1. The molecule has 0 spiro atoms. The minimum atomic E-state index is -4.93. The van der Waals surface area contributed by atoms with Crippen molar-refractivity contribution in [2.75, 3.05) is 6.54 Å². The molecule has 16 nitrogen and oxygen atoms in total. The Morgan fingerprint density at radius 2 is 1.66 bits per heavy atom. The fraction of sp³-hybridized carbons (Fsp3) is 0.553. The van der Waals surface area contributed by atoms with Gasteiger partial charge in [0.15, 0.2) is 5.82 Å². The fourth-order valence-corrected chi connectivity index (χ4v) is 9.79. The summed E-state index contributed by atoms with van der Waals surface area (Å²) in [5, 5.41) is 5.22. The first-order valence-electron chi connectivity index (χ1n) is 22.6. The topological polar surface area (TPSA) is 208 Å². The maximum atomic E-state index is 15.0. The summed E-state index contributed by atoms with van der Waals surface area (Å²) in [4.78, 5) is 71.9. The number of nitrogens with zero attached hydrogens (tertiary/aromatic N) is 4. The molecule has 0 radical (unpaired) electrons. The second-order valence-corrected chi connectivity index (χ2v) is 21.5. The SMILES string of the molecule is CC(C)Oc1ccc(-c2cc(O[C@@H]3C[C@H]4C(=O)N[C@]5(C(=O)NS(=O)(=O)C6(C)CC6)C[C@H]5/C=C\CC[C@H](C)C[C@@H](C)[C@H](NC(=O)OC(C)(C)C(F)(F)F)C(=O)N4C3)cc(-c3ncccn3)n2)cc1. The quantitative estimate of drug-likeness (QED) is 0.173. The molecule has 7 atom stereocenters. The number of nitrogens with one attached hydrogen (secondary N) is 3. The summed E-state index contributed by atoms with van der Waals surface area (Å²) in [6, 6.07) is 9.37. The van der Waals surface area contributed by atoms with E-state index in [2.05, 4.69) is 25.3 Å². The molecular weight excluding hydrogens is 896 g/mol. The highest BCUT2D eigenvalue weighted by Crippen LogP contribution is 2.48. The Morgan fingerprint density at radius 3 is 2.30 bits per heavy atom. The molecule has 3 fully saturated rings. The van der Waals surface area contributed by atoms with Gasteiger partial charge in [0.2, 0.25) is 27.4 Å². The Morgan fingerprint density at radius 1 is 0.985 bits per heavy atom. The van der Waals surface area contributed by atoms with Gasteiger partial charge in [-0.1, -0.05) is 26.0 Å². The van der Waals surface area contributed by atoms with Gasteiger partial charge < -0.3 is 29.7 Å². The van der Waals surface area contributed by atoms with Gasteiger partial charge in [0.1, 0.15) is 40.9 Å². The van der Waals surface area contributed by atoms with Gasteiger partial charge in [-0.25, -0.2) is 28.2 Å². The van der Waals surface area contributed by atoms with E-state index in [1.54, 1.807) is 55.7 Å². The first-order chi connectivity index (χ1) is 31.4. The molecule has 2 aliphatic heterocycles. The molecule has 0 unspecified atom stereocenters. The van der Waals surface area contributed by atoms with E-state index in [1.165, 1.54) is 11.8 Å². The third kappa shape index (κ3) is 11.0. The number of carbonyl (C=O) groups excluding carboxylic acids is 4. The molecule has 3 aromatic rings. The Bertz CT molecular complexity index is 2490. The normalized spacial score (nSPS) is 27.0. The molecule has 4 heterocycles. The van der Waals surface area contributed by atoms with E-state index in [9.17, 15) is 40.8 Å². The highest BCUT2D eigenvalue weighted by molar-refractivity contribution is 7.91. The van der Waals surface area contributed by atoms with Crippen molar-refractivity contribution in [2.24, 2.45) is 17.8 Å². The number of pyridine rings is 1. The maximum Gasteiger partial charge on any atom is 0.427 e. The standard InChI is InChI=1S/C47H58F3N7O9S/c1-27(2)64-32-15-13-30(14-16-32)35-22-33(23-36(53-35)39-51-19-10-20-52-39)65-34-24-37-40(58)55-46(42(60)56-67(62,63)45(7)17-18-45)25-31(46)12-9-8-11-28(3)21-29(4)38(41(59)57(37)26-34)54-43(61)66-44(5,6)47(48,49)50/h9-10,12-16,19-20,22-23,27-29,31,34,37-38H,8,11,17-18,21,24-26H2,1-7H3,(H,54,61)(H,55,58)(H,56,60)/b12-9-/t28-,29+,31+,34+,37-,38-,46+/m0/s1. The van der Waals surface area contributed by atoms with E-state index in [0.717, 1.165) is 0 Å². The zero-order chi connectivity index (χ0) is 48.7. The number of hydrogen-bond donors (Lipinski definition) is 3. The predicted molar refractivity (Wildman–Crippen MR) is 240 cm³/mol. The summed E-state index contributed by atoms with van der Waals surface area (Å²) >= 11 is 0. The number of ether oxygens (including phenoxy) is 3. The Kier molecular flexibility index (Phi) is 13.7. The van der Waals surface area contributed by atoms with E-state index in [4.69, 9.17) is 19.2 Å².